The highest BCUT2D eigenvalue weighted by Crippen LogP contribution is 2.12. The lowest BCUT2D eigenvalue weighted by Gasteiger charge is -2.20. The maximum Gasteiger partial charge on any atom is 0.218 e. The van der Waals surface area contributed by atoms with Crippen molar-refractivity contribution >= 4 is 10.0 Å². The van der Waals surface area contributed by atoms with E-state index in [-0.39, 0.29) is 18.2 Å². The first-order valence-corrected chi connectivity index (χ1v) is 7.43. The van der Waals surface area contributed by atoms with Gasteiger partial charge in [0, 0.05) is 19.7 Å². The molecule has 0 bridgehead atoms. The first-order valence-electron chi connectivity index (χ1n) is 5.82. The summed E-state index contributed by atoms with van der Waals surface area (Å²) in [5, 5.41) is 8.73. The van der Waals surface area contributed by atoms with E-state index in [2.05, 4.69) is 0 Å². The SMILES string of the molecule is CCN(CCCO)S(=O)(=O)Cc1ccc(F)cc1. The minimum Gasteiger partial charge on any atom is -0.396 e. The predicted octanol–water partition coefficient (Wildman–Crippen LogP) is 1.36. The van der Waals surface area contributed by atoms with Crippen LogP contribution in [0.5, 0.6) is 0 Å². The maximum absolute atomic E-state index is 12.7. The van der Waals surface area contributed by atoms with Crippen LogP contribution in [0.2, 0.25) is 0 Å². The van der Waals surface area contributed by atoms with Crippen molar-refractivity contribution in [3.8, 4) is 0 Å². The van der Waals surface area contributed by atoms with E-state index >= 15 is 0 Å². The topological polar surface area (TPSA) is 57.6 Å². The average molecular weight is 275 g/mol. The fourth-order valence-corrected chi connectivity index (χ4v) is 3.22. The summed E-state index contributed by atoms with van der Waals surface area (Å²) >= 11 is 0. The van der Waals surface area contributed by atoms with E-state index in [1.165, 1.54) is 28.6 Å². The summed E-state index contributed by atoms with van der Waals surface area (Å²) in [5.74, 6) is -0.532. The van der Waals surface area contributed by atoms with E-state index in [1.807, 2.05) is 0 Å². The Bertz CT molecular complexity index is 459. The largest absolute Gasteiger partial charge is 0.396 e. The summed E-state index contributed by atoms with van der Waals surface area (Å²) in [4.78, 5) is 0. The molecular formula is C12H18FNO3S. The lowest BCUT2D eigenvalue weighted by atomic mass is 10.2. The molecule has 0 aromatic heterocycles. The summed E-state index contributed by atoms with van der Waals surface area (Å²) in [6.07, 6.45) is 0.413. The molecule has 0 atom stereocenters. The monoisotopic (exact) mass is 275 g/mol. The molecule has 0 aliphatic rings. The molecule has 0 aliphatic heterocycles. The molecule has 4 nitrogen and oxygen atoms in total. The van der Waals surface area contributed by atoms with Crippen LogP contribution < -0.4 is 0 Å². The molecule has 0 saturated heterocycles. The van der Waals surface area contributed by atoms with Crippen LogP contribution in [0.3, 0.4) is 0 Å². The smallest absolute Gasteiger partial charge is 0.218 e. The van der Waals surface area contributed by atoms with Crippen LogP contribution in [0.1, 0.15) is 18.9 Å². The van der Waals surface area contributed by atoms with Gasteiger partial charge in [-0.3, -0.25) is 0 Å². The number of halogens is 1. The van der Waals surface area contributed by atoms with Gasteiger partial charge in [-0.1, -0.05) is 19.1 Å². The third kappa shape index (κ3) is 4.36. The van der Waals surface area contributed by atoms with Crippen LogP contribution in [0, 0.1) is 5.82 Å². The van der Waals surface area contributed by atoms with Crippen molar-refractivity contribution in [1.82, 2.24) is 4.31 Å². The summed E-state index contributed by atoms with van der Waals surface area (Å²) in [6, 6.07) is 5.42. The molecule has 1 aromatic rings. The van der Waals surface area contributed by atoms with Crippen molar-refractivity contribution < 1.29 is 17.9 Å². The van der Waals surface area contributed by atoms with Crippen molar-refractivity contribution in [3.63, 3.8) is 0 Å². The second kappa shape index (κ2) is 6.82. The summed E-state index contributed by atoms with van der Waals surface area (Å²) in [5.41, 5.74) is 0.554. The van der Waals surface area contributed by atoms with E-state index in [1.54, 1.807) is 6.92 Å². The molecule has 0 amide bonds. The highest BCUT2D eigenvalue weighted by atomic mass is 32.2. The number of nitrogens with zero attached hydrogens (tertiary/aromatic N) is 1. The molecule has 6 heteroatoms. The van der Waals surface area contributed by atoms with Gasteiger partial charge in [0.1, 0.15) is 5.82 Å². The molecule has 1 rings (SSSR count). The molecule has 0 radical (unpaired) electrons. The third-order valence-electron chi connectivity index (χ3n) is 2.57. The number of rotatable bonds is 7. The zero-order valence-electron chi connectivity index (χ0n) is 10.3. The van der Waals surface area contributed by atoms with Crippen molar-refractivity contribution in [1.29, 1.82) is 0 Å². The molecular weight excluding hydrogens is 257 g/mol. The number of benzene rings is 1. The highest BCUT2D eigenvalue weighted by molar-refractivity contribution is 7.88. The van der Waals surface area contributed by atoms with E-state index in [0.717, 1.165) is 0 Å². The third-order valence-corrected chi connectivity index (χ3v) is 4.50. The van der Waals surface area contributed by atoms with Gasteiger partial charge in [-0.05, 0) is 24.1 Å². The number of sulfonamides is 1. The lowest BCUT2D eigenvalue weighted by Crippen LogP contribution is -2.33. The Kier molecular flexibility index (Phi) is 5.71. The van der Waals surface area contributed by atoms with E-state index in [4.69, 9.17) is 5.11 Å². The second-order valence-electron chi connectivity index (χ2n) is 3.95. The number of aliphatic hydroxyl groups excluding tert-OH is 1. The number of hydrogen-bond donors (Lipinski definition) is 1. The normalized spacial score (nSPS) is 12.0. The van der Waals surface area contributed by atoms with Gasteiger partial charge in [0.2, 0.25) is 10.0 Å². The minimum atomic E-state index is -3.41. The summed E-state index contributed by atoms with van der Waals surface area (Å²) < 4.78 is 38.2. The first-order chi connectivity index (χ1) is 8.49. The zero-order valence-corrected chi connectivity index (χ0v) is 11.2. The lowest BCUT2D eigenvalue weighted by molar-refractivity contribution is 0.271. The zero-order chi connectivity index (χ0) is 13.6. The van der Waals surface area contributed by atoms with E-state index < -0.39 is 10.0 Å². The minimum absolute atomic E-state index is 0.0391. The van der Waals surface area contributed by atoms with Gasteiger partial charge in [0.25, 0.3) is 0 Å². The molecule has 0 saturated carbocycles. The van der Waals surface area contributed by atoms with Crippen LogP contribution in [0.15, 0.2) is 24.3 Å². The van der Waals surface area contributed by atoms with Crippen LogP contribution >= 0.6 is 0 Å². The number of aliphatic hydroxyl groups is 1. The Labute approximate surface area is 107 Å². The van der Waals surface area contributed by atoms with Crippen molar-refractivity contribution in [3.05, 3.63) is 35.6 Å². The quantitative estimate of drug-likeness (QED) is 0.817. The van der Waals surface area contributed by atoms with Crippen molar-refractivity contribution in [2.45, 2.75) is 19.1 Å². The fourth-order valence-electron chi connectivity index (χ4n) is 1.62. The van der Waals surface area contributed by atoms with Gasteiger partial charge in [0.05, 0.1) is 5.75 Å². The van der Waals surface area contributed by atoms with Crippen LogP contribution in [-0.2, 0) is 15.8 Å². The summed E-state index contributed by atoms with van der Waals surface area (Å²) in [6.45, 7) is 2.38. The molecule has 0 unspecified atom stereocenters. The summed E-state index contributed by atoms with van der Waals surface area (Å²) in [7, 11) is -3.41. The van der Waals surface area contributed by atoms with Crippen molar-refractivity contribution in [2.24, 2.45) is 0 Å². The fraction of sp³-hybridized carbons (Fsp3) is 0.500. The Morgan fingerprint density at radius 1 is 1.28 bits per heavy atom. The predicted molar refractivity (Wildman–Crippen MR) is 68.0 cm³/mol. The van der Waals surface area contributed by atoms with E-state index in [0.29, 0.717) is 25.1 Å². The Morgan fingerprint density at radius 3 is 2.39 bits per heavy atom. The molecule has 1 aromatic carbocycles. The Hall–Kier alpha value is -0.980. The van der Waals surface area contributed by atoms with Gasteiger partial charge in [-0.25, -0.2) is 17.1 Å². The molecule has 1 N–H and O–H groups in total. The van der Waals surface area contributed by atoms with Crippen LogP contribution in [-0.4, -0.2) is 37.5 Å². The molecule has 0 aliphatic carbocycles. The van der Waals surface area contributed by atoms with Gasteiger partial charge in [-0.15, -0.1) is 0 Å². The van der Waals surface area contributed by atoms with Gasteiger partial charge < -0.3 is 5.11 Å². The maximum atomic E-state index is 12.7. The van der Waals surface area contributed by atoms with Gasteiger partial charge in [0.15, 0.2) is 0 Å². The first kappa shape index (κ1) is 15.1. The van der Waals surface area contributed by atoms with Gasteiger partial charge >= 0.3 is 0 Å². The molecule has 0 fully saturated rings. The van der Waals surface area contributed by atoms with Crippen LogP contribution in [0.25, 0.3) is 0 Å². The van der Waals surface area contributed by atoms with E-state index in [9.17, 15) is 12.8 Å². The van der Waals surface area contributed by atoms with Crippen LogP contribution in [0.4, 0.5) is 4.39 Å². The van der Waals surface area contributed by atoms with Gasteiger partial charge in [-0.2, -0.15) is 0 Å². The second-order valence-corrected chi connectivity index (χ2v) is 5.92. The Balaban J connectivity index is 2.76. The number of hydrogen-bond acceptors (Lipinski definition) is 3. The Morgan fingerprint density at radius 2 is 1.89 bits per heavy atom. The molecule has 0 spiro atoms. The molecule has 102 valence electrons. The average Bonchev–Trinajstić information content (AvgIpc) is 2.32. The standard InChI is InChI=1S/C12H18FNO3S/c1-2-14(8-3-9-15)18(16,17)10-11-4-6-12(13)7-5-11/h4-7,15H,2-3,8-10H2,1H3. The molecule has 0 heterocycles. The molecule has 18 heavy (non-hydrogen) atoms. The highest BCUT2D eigenvalue weighted by Gasteiger charge is 2.20. The van der Waals surface area contributed by atoms with Crippen molar-refractivity contribution in [2.75, 3.05) is 19.7 Å².